The van der Waals surface area contributed by atoms with E-state index in [9.17, 15) is 16.8 Å². The lowest BCUT2D eigenvalue weighted by Crippen LogP contribution is -2.51. The van der Waals surface area contributed by atoms with Crippen molar-refractivity contribution in [2.24, 2.45) is 0 Å². The van der Waals surface area contributed by atoms with Crippen LogP contribution in [0.5, 0.6) is 0 Å². The number of hydrogen-bond donors (Lipinski definition) is 1. The Labute approximate surface area is 281 Å². The lowest BCUT2D eigenvalue weighted by atomic mass is 9.89. The van der Waals surface area contributed by atoms with E-state index >= 15 is 0 Å². The Bertz CT molecular complexity index is 1540. The number of hydrogen-bond acceptors (Lipinski definition) is 4. The summed E-state index contributed by atoms with van der Waals surface area (Å²) in [5, 5.41) is 0. The van der Waals surface area contributed by atoms with E-state index in [0.717, 1.165) is 39.8 Å². The lowest BCUT2D eigenvalue weighted by molar-refractivity contribution is 0.312. The van der Waals surface area contributed by atoms with Gasteiger partial charge in [-0.15, -0.1) is 6.58 Å². The van der Waals surface area contributed by atoms with Crippen LogP contribution in [0.25, 0.3) is 0 Å². The molecule has 1 aliphatic carbocycles. The van der Waals surface area contributed by atoms with Crippen molar-refractivity contribution in [2.45, 2.75) is 160 Å². The monoisotopic (exact) mass is 672 g/mol. The summed E-state index contributed by atoms with van der Waals surface area (Å²) < 4.78 is 63.3. The van der Waals surface area contributed by atoms with Crippen LogP contribution in [0, 0.1) is 0 Å². The summed E-state index contributed by atoms with van der Waals surface area (Å²) >= 11 is 0. The molecular weight excluding hydrogens is 613 g/mol. The fourth-order valence-electron chi connectivity index (χ4n) is 6.72. The van der Waals surface area contributed by atoms with Crippen LogP contribution >= 0.6 is 0 Å². The van der Waals surface area contributed by atoms with E-state index in [1.807, 2.05) is 67.5 Å². The second kappa shape index (κ2) is 15.0. The van der Waals surface area contributed by atoms with E-state index in [4.69, 9.17) is 0 Å². The van der Waals surface area contributed by atoms with Gasteiger partial charge in [-0.1, -0.05) is 120 Å². The second-order valence-electron chi connectivity index (χ2n) is 15.1. The third-order valence-corrected chi connectivity index (χ3v) is 13.1. The maximum absolute atomic E-state index is 14.9. The molecule has 0 amide bonds. The van der Waals surface area contributed by atoms with Crippen LogP contribution in [0.2, 0.25) is 0 Å². The predicted molar refractivity (Wildman–Crippen MR) is 193 cm³/mol. The van der Waals surface area contributed by atoms with Crippen LogP contribution < -0.4 is 4.72 Å². The molecule has 0 saturated heterocycles. The van der Waals surface area contributed by atoms with Crippen LogP contribution in [0.4, 0.5) is 0 Å². The number of benzene rings is 2. The normalized spacial score (nSPS) is 18.0. The van der Waals surface area contributed by atoms with Crippen LogP contribution in [0.1, 0.15) is 171 Å². The number of nitrogens with one attached hydrogen (secondary N) is 1. The molecule has 1 fully saturated rings. The largest absolute Gasteiger partial charge is 0.244 e. The van der Waals surface area contributed by atoms with Gasteiger partial charge in [-0.25, -0.2) is 21.6 Å². The zero-order chi connectivity index (χ0) is 34.9. The minimum atomic E-state index is -4.02. The highest BCUT2D eigenvalue weighted by Crippen LogP contribution is 2.40. The molecule has 0 spiro atoms. The van der Waals surface area contributed by atoms with Crippen LogP contribution in [-0.2, 0) is 20.0 Å². The molecule has 0 bridgehead atoms. The lowest BCUT2D eigenvalue weighted by Gasteiger charge is -2.34. The molecule has 46 heavy (non-hydrogen) atoms. The first-order valence-corrected chi connectivity index (χ1v) is 20.2. The molecule has 2 unspecified atom stereocenters. The first-order valence-electron chi connectivity index (χ1n) is 17.3. The Balaban J connectivity index is 2.19. The highest BCUT2D eigenvalue weighted by atomic mass is 32.2. The molecular formula is C38H60N2O4S2. The van der Waals surface area contributed by atoms with Crippen molar-refractivity contribution in [3.63, 3.8) is 0 Å². The topological polar surface area (TPSA) is 83.6 Å². The van der Waals surface area contributed by atoms with Crippen molar-refractivity contribution in [3.8, 4) is 0 Å². The van der Waals surface area contributed by atoms with Gasteiger partial charge in [0.25, 0.3) is 0 Å². The molecule has 0 aromatic heterocycles. The average Bonchev–Trinajstić information content (AvgIpc) is 3.40. The summed E-state index contributed by atoms with van der Waals surface area (Å²) in [6.07, 6.45) is 3.47. The molecule has 3 rings (SSSR count). The van der Waals surface area contributed by atoms with E-state index in [1.165, 1.54) is 4.31 Å². The zero-order valence-corrected chi connectivity index (χ0v) is 32.1. The van der Waals surface area contributed by atoms with Crippen molar-refractivity contribution in [3.05, 3.63) is 70.3 Å². The summed E-state index contributed by atoms with van der Waals surface area (Å²) in [6.45, 7) is 28.8. The molecule has 1 N–H and O–H groups in total. The summed E-state index contributed by atoms with van der Waals surface area (Å²) in [4.78, 5) is 0.713. The molecule has 258 valence electrons. The van der Waals surface area contributed by atoms with E-state index in [-0.39, 0.29) is 42.1 Å². The summed E-state index contributed by atoms with van der Waals surface area (Å²) in [5.41, 5.74) is 5.49. The van der Waals surface area contributed by atoms with Crippen molar-refractivity contribution < 1.29 is 16.8 Å². The highest BCUT2D eigenvalue weighted by Gasteiger charge is 2.43. The number of sulfonamides is 2. The third-order valence-electron chi connectivity index (χ3n) is 9.46. The molecule has 2 atom stereocenters. The Morgan fingerprint density at radius 1 is 0.674 bits per heavy atom. The third kappa shape index (κ3) is 7.99. The fraction of sp³-hybridized carbons (Fsp3) is 0.632. The molecule has 2 aromatic rings. The minimum Gasteiger partial charge on any atom is -0.207 e. The number of rotatable bonds is 14. The van der Waals surface area contributed by atoms with E-state index < -0.39 is 32.1 Å². The Kier molecular flexibility index (Phi) is 12.6. The number of nitrogens with zero attached hydrogens (tertiary/aromatic N) is 1. The van der Waals surface area contributed by atoms with Gasteiger partial charge in [0.1, 0.15) is 0 Å². The maximum Gasteiger partial charge on any atom is 0.244 e. The molecule has 6 nitrogen and oxygen atoms in total. The van der Waals surface area contributed by atoms with Gasteiger partial charge in [0.15, 0.2) is 0 Å². The molecule has 1 saturated carbocycles. The second-order valence-corrected chi connectivity index (χ2v) is 18.6. The maximum atomic E-state index is 14.9. The molecule has 0 radical (unpaired) electrons. The summed E-state index contributed by atoms with van der Waals surface area (Å²) in [6, 6.07) is 7.08. The van der Waals surface area contributed by atoms with Crippen molar-refractivity contribution in [2.75, 3.05) is 6.54 Å². The quantitative estimate of drug-likeness (QED) is 0.203. The first kappa shape index (κ1) is 38.4. The van der Waals surface area contributed by atoms with Crippen LogP contribution in [-0.4, -0.2) is 39.8 Å². The fourth-order valence-corrected chi connectivity index (χ4v) is 11.1. The Morgan fingerprint density at radius 2 is 1.07 bits per heavy atom. The zero-order valence-electron chi connectivity index (χ0n) is 30.4. The Hall–Kier alpha value is -2.00. The van der Waals surface area contributed by atoms with Gasteiger partial charge >= 0.3 is 0 Å². The van der Waals surface area contributed by atoms with Crippen LogP contribution in [0.3, 0.4) is 0 Å². The molecule has 2 aromatic carbocycles. The summed E-state index contributed by atoms with van der Waals surface area (Å²) in [5.74, 6) is 0.489. The van der Waals surface area contributed by atoms with E-state index in [0.29, 0.717) is 22.6 Å². The molecule has 1 aliphatic rings. The molecule has 0 heterocycles. The van der Waals surface area contributed by atoms with E-state index in [2.05, 4.69) is 51.1 Å². The Morgan fingerprint density at radius 3 is 1.41 bits per heavy atom. The average molecular weight is 673 g/mol. The van der Waals surface area contributed by atoms with Crippen molar-refractivity contribution in [1.82, 2.24) is 9.03 Å². The SMILES string of the molecule is C=CCN(C1CCCC1NS(=O)(=O)c1c(C(C)C)cc(C(C)C)cc1C(C)C)S(=O)(=O)c1c(C(C)C)cc(C(C)C)cc1C(C)C. The highest BCUT2D eigenvalue weighted by molar-refractivity contribution is 7.90. The van der Waals surface area contributed by atoms with E-state index in [1.54, 1.807) is 6.08 Å². The smallest absolute Gasteiger partial charge is 0.207 e. The summed E-state index contributed by atoms with van der Waals surface area (Å²) in [7, 11) is -8.01. The predicted octanol–water partition coefficient (Wildman–Crippen LogP) is 9.50. The van der Waals surface area contributed by atoms with Gasteiger partial charge in [-0.3, -0.25) is 0 Å². The molecule has 0 aliphatic heterocycles. The van der Waals surface area contributed by atoms with Gasteiger partial charge in [0, 0.05) is 18.6 Å². The van der Waals surface area contributed by atoms with Crippen molar-refractivity contribution >= 4 is 20.0 Å². The minimum absolute atomic E-state index is 0.00230. The van der Waals surface area contributed by atoms with Crippen molar-refractivity contribution in [1.29, 1.82) is 0 Å². The van der Waals surface area contributed by atoms with Gasteiger partial charge in [0.05, 0.1) is 9.79 Å². The van der Waals surface area contributed by atoms with Gasteiger partial charge < -0.3 is 0 Å². The van der Waals surface area contributed by atoms with Crippen LogP contribution in [0.15, 0.2) is 46.7 Å². The van der Waals surface area contributed by atoms with Gasteiger partial charge in [-0.2, -0.15) is 4.31 Å². The molecule has 8 heteroatoms. The van der Waals surface area contributed by atoms with Gasteiger partial charge in [-0.05, 0) is 81.7 Å². The standard InChI is InChI=1S/C38H60N2O4S2/c1-14-18-40(46(43,44)38-33(27(10)11)21-30(24(4)5)22-34(38)28(12)13)36-17-15-16-35(36)39-45(41,42)37-31(25(6)7)19-29(23(2)3)20-32(37)26(8)9/h14,19-28,35-36,39H,1,15-18H2,2-13H3. The first-order chi connectivity index (χ1) is 21.3. The van der Waals surface area contributed by atoms with Gasteiger partial charge in [0.2, 0.25) is 20.0 Å².